The van der Waals surface area contributed by atoms with Gasteiger partial charge in [-0.2, -0.15) is 5.10 Å². The number of nitrogens with zero attached hydrogens (tertiary/aromatic N) is 2. The van der Waals surface area contributed by atoms with Crippen molar-refractivity contribution >= 4 is 0 Å². The first-order valence-corrected chi connectivity index (χ1v) is 5.86. The summed E-state index contributed by atoms with van der Waals surface area (Å²) in [6, 6.07) is 7.11. The minimum absolute atomic E-state index is 0.258. The van der Waals surface area contributed by atoms with Crippen molar-refractivity contribution in [2.24, 2.45) is 5.73 Å². The zero-order valence-electron chi connectivity index (χ0n) is 9.50. The summed E-state index contributed by atoms with van der Waals surface area (Å²) in [5.41, 5.74) is 9.02. The molecule has 0 spiro atoms. The van der Waals surface area contributed by atoms with Crippen LogP contribution in [0.4, 0.5) is 0 Å². The van der Waals surface area contributed by atoms with E-state index in [4.69, 9.17) is 5.73 Å². The fraction of sp³-hybridized carbons (Fsp3) is 0.308. The van der Waals surface area contributed by atoms with Crippen LogP contribution in [0.25, 0.3) is 5.69 Å². The van der Waals surface area contributed by atoms with E-state index >= 15 is 0 Å². The second-order valence-corrected chi connectivity index (χ2v) is 4.48. The normalized spacial score (nSPS) is 18.3. The highest BCUT2D eigenvalue weighted by atomic mass is 16.3. The van der Waals surface area contributed by atoms with E-state index in [9.17, 15) is 5.11 Å². The van der Waals surface area contributed by atoms with Crippen LogP contribution in [0, 0.1) is 0 Å². The monoisotopic (exact) mass is 229 g/mol. The largest absolute Gasteiger partial charge is 0.508 e. The predicted octanol–water partition coefficient (Wildman–Crippen LogP) is 1.57. The maximum Gasteiger partial charge on any atom is 0.117 e. The number of phenols is 1. The number of aromatic nitrogens is 2. The molecule has 1 heterocycles. The Morgan fingerprint density at radius 1 is 1.47 bits per heavy atom. The molecule has 0 bridgehead atoms. The lowest BCUT2D eigenvalue weighted by Gasteiger charge is -2.05. The van der Waals surface area contributed by atoms with Gasteiger partial charge in [-0.1, -0.05) is 6.07 Å². The van der Waals surface area contributed by atoms with Crippen LogP contribution in [0.3, 0.4) is 0 Å². The molecule has 1 aliphatic rings. The number of phenolic OH excluding ortho intramolecular Hbond substituents is 1. The molecule has 1 atom stereocenters. The molecule has 1 unspecified atom stereocenters. The van der Waals surface area contributed by atoms with Gasteiger partial charge in [-0.15, -0.1) is 0 Å². The molecule has 2 aromatic rings. The molecule has 88 valence electrons. The number of nitrogens with two attached hydrogens (primary N) is 1. The van der Waals surface area contributed by atoms with Crippen LogP contribution in [-0.2, 0) is 6.42 Å². The highest BCUT2D eigenvalue weighted by Crippen LogP contribution is 2.31. The van der Waals surface area contributed by atoms with Crippen molar-refractivity contribution in [3.8, 4) is 11.4 Å². The molecule has 4 nitrogen and oxygen atoms in total. The molecule has 3 rings (SSSR count). The Morgan fingerprint density at radius 2 is 2.35 bits per heavy atom. The smallest absolute Gasteiger partial charge is 0.117 e. The first kappa shape index (κ1) is 10.4. The molecule has 1 aliphatic carbocycles. The van der Waals surface area contributed by atoms with Crippen molar-refractivity contribution in [2.45, 2.75) is 18.8 Å². The van der Waals surface area contributed by atoms with Crippen LogP contribution in [0.2, 0.25) is 0 Å². The van der Waals surface area contributed by atoms with Crippen molar-refractivity contribution in [3.63, 3.8) is 0 Å². The third kappa shape index (κ3) is 1.70. The number of rotatable bonds is 2. The van der Waals surface area contributed by atoms with E-state index in [0.29, 0.717) is 12.5 Å². The second-order valence-electron chi connectivity index (χ2n) is 4.48. The highest BCUT2D eigenvalue weighted by Gasteiger charge is 2.25. The number of benzene rings is 1. The summed E-state index contributed by atoms with van der Waals surface area (Å²) in [7, 11) is 0. The van der Waals surface area contributed by atoms with Gasteiger partial charge in [0.1, 0.15) is 5.75 Å². The molecule has 0 saturated heterocycles. The number of aromatic hydroxyl groups is 1. The van der Waals surface area contributed by atoms with Gasteiger partial charge in [0.05, 0.1) is 11.4 Å². The van der Waals surface area contributed by atoms with Crippen LogP contribution in [0.5, 0.6) is 5.75 Å². The summed E-state index contributed by atoms with van der Waals surface area (Å²) in [5, 5.41) is 14.0. The van der Waals surface area contributed by atoms with Gasteiger partial charge < -0.3 is 10.8 Å². The van der Waals surface area contributed by atoms with Gasteiger partial charge in [0.2, 0.25) is 0 Å². The summed E-state index contributed by atoms with van der Waals surface area (Å²) in [5.74, 6) is 0.650. The second kappa shape index (κ2) is 3.89. The fourth-order valence-electron chi connectivity index (χ4n) is 2.42. The third-order valence-corrected chi connectivity index (χ3v) is 3.35. The summed E-state index contributed by atoms with van der Waals surface area (Å²) in [6.07, 6.45) is 4.20. The third-order valence-electron chi connectivity index (χ3n) is 3.35. The van der Waals surface area contributed by atoms with Gasteiger partial charge in [0.25, 0.3) is 0 Å². The first-order chi connectivity index (χ1) is 8.28. The van der Waals surface area contributed by atoms with Gasteiger partial charge in [-0.25, -0.2) is 4.68 Å². The molecule has 0 amide bonds. The van der Waals surface area contributed by atoms with E-state index in [1.165, 1.54) is 5.56 Å². The van der Waals surface area contributed by atoms with Crippen molar-refractivity contribution in [2.75, 3.05) is 6.54 Å². The van der Waals surface area contributed by atoms with Crippen molar-refractivity contribution in [1.29, 1.82) is 0 Å². The summed E-state index contributed by atoms with van der Waals surface area (Å²) in [4.78, 5) is 0. The molecule has 0 saturated carbocycles. The van der Waals surface area contributed by atoms with Crippen molar-refractivity contribution in [3.05, 3.63) is 41.7 Å². The maximum atomic E-state index is 9.46. The van der Waals surface area contributed by atoms with Crippen LogP contribution in [0.1, 0.15) is 23.6 Å². The number of fused-ring (bicyclic) bond motifs is 1. The Morgan fingerprint density at radius 3 is 3.12 bits per heavy atom. The van der Waals surface area contributed by atoms with E-state index in [2.05, 4.69) is 5.10 Å². The molecule has 0 radical (unpaired) electrons. The molecule has 3 N–H and O–H groups in total. The average molecular weight is 229 g/mol. The Bertz CT molecular complexity index is 547. The Kier molecular flexibility index (Phi) is 2.37. The van der Waals surface area contributed by atoms with Gasteiger partial charge in [-0.05, 0) is 30.5 Å². The highest BCUT2D eigenvalue weighted by molar-refractivity contribution is 5.40. The lowest BCUT2D eigenvalue weighted by molar-refractivity contribution is 0.474. The van der Waals surface area contributed by atoms with Gasteiger partial charge in [0, 0.05) is 24.7 Å². The van der Waals surface area contributed by atoms with Gasteiger partial charge >= 0.3 is 0 Å². The quantitative estimate of drug-likeness (QED) is 0.821. The van der Waals surface area contributed by atoms with Crippen LogP contribution in [0.15, 0.2) is 30.5 Å². The van der Waals surface area contributed by atoms with Crippen molar-refractivity contribution < 1.29 is 5.11 Å². The summed E-state index contributed by atoms with van der Waals surface area (Å²) in [6.45, 7) is 0.657. The number of hydrogen-bond acceptors (Lipinski definition) is 3. The first-order valence-electron chi connectivity index (χ1n) is 5.86. The van der Waals surface area contributed by atoms with E-state index in [1.807, 2.05) is 23.0 Å². The molecule has 1 aromatic carbocycles. The molecule has 4 heteroatoms. The summed E-state index contributed by atoms with van der Waals surface area (Å²) >= 11 is 0. The van der Waals surface area contributed by atoms with Crippen LogP contribution < -0.4 is 5.73 Å². The standard InChI is InChI=1S/C13H15N3O/c14-7-9-4-5-10-8-16(15-13(9)10)11-2-1-3-12(17)6-11/h1-3,6,8-9,17H,4-5,7,14H2. The van der Waals surface area contributed by atoms with E-state index in [-0.39, 0.29) is 5.75 Å². The Labute approximate surface area is 99.7 Å². The zero-order valence-corrected chi connectivity index (χ0v) is 9.50. The predicted molar refractivity (Wildman–Crippen MR) is 65.3 cm³/mol. The zero-order chi connectivity index (χ0) is 11.8. The topological polar surface area (TPSA) is 64.1 Å². The van der Waals surface area contributed by atoms with Crippen LogP contribution >= 0.6 is 0 Å². The minimum Gasteiger partial charge on any atom is -0.508 e. The van der Waals surface area contributed by atoms with E-state index in [1.54, 1.807) is 12.1 Å². The molecule has 17 heavy (non-hydrogen) atoms. The Balaban J connectivity index is 2.01. The van der Waals surface area contributed by atoms with Gasteiger partial charge in [-0.3, -0.25) is 0 Å². The fourth-order valence-corrected chi connectivity index (χ4v) is 2.42. The molecule has 0 fully saturated rings. The molecule has 0 aliphatic heterocycles. The average Bonchev–Trinajstić information content (AvgIpc) is 2.87. The van der Waals surface area contributed by atoms with Gasteiger partial charge in [0.15, 0.2) is 0 Å². The lowest BCUT2D eigenvalue weighted by Crippen LogP contribution is -2.10. The molecular formula is C13H15N3O. The maximum absolute atomic E-state index is 9.46. The molecule has 1 aromatic heterocycles. The number of aryl methyl sites for hydroxylation is 1. The number of hydrogen-bond donors (Lipinski definition) is 2. The summed E-state index contributed by atoms with van der Waals surface area (Å²) < 4.78 is 1.83. The van der Waals surface area contributed by atoms with Crippen molar-refractivity contribution in [1.82, 2.24) is 9.78 Å². The SMILES string of the molecule is NCC1CCc2cn(-c3cccc(O)c3)nc21. The van der Waals surface area contributed by atoms with Crippen LogP contribution in [-0.4, -0.2) is 21.4 Å². The van der Waals surface area contributed by atoms with E-state index in [0.717, 1.165) is 24.2 Å². The lowest BCUT2D eigenvalue weighted by atomic mass is 10.1. The van der Waals surface area contributed by atoms with E-state index < -0.39 is 0 Å². The minimum atomic E-state index is 0.258. The molecular weight excluding hydrogens is 214 g/mol. The Hall–Kier alpha value is -1.81.